The Morgan fingerprint density at radius 2 is 2.21 bits per heavy atom. The minimum absolute atomic E-state index is 0.109. The van der Waals surface area contributed by atoms with Crippen molar-refractivity contribution in [2.75, 3.05) is 31.6 Å². The summed E-state index contributed by atoms with van der Waals surface area (Å²) in [6.07, 6.45) is 0. The fraction of sp³-hybridized carbons (Fsp3) is 0.462. The first-order valence-corrected chi connectivity index (χ1v) is 6.63. The van der Waals surface area contributed by atoms with Crippen molar-refractivity contribution in [2.45, 2.75) is 13.0 Å². The first-order chi connectivity index (χ1) is 9.02. The first-order valence-electron chi connectivity index (χ1n) is 6.25. The highest BCUT2D eigenvalue weighted by molar-refractivity contribution is 6.31. The van der Waals surface area contributed by atoms with Gasteiger partial charge in [0.25, 0.3) is 0 Å². The van der Waals surface area contributed by atoms with E-state index in [9.17, 15) is 0 Å². The predicted octanol–water partition coefficient (Wildman–Crippen LogP) is 1.57. The highest BCUT2D eigenvalue weighted by Gasteiger charge is 2.24. The van der Waals surface area contributed by atoms with Crippen molar-refractivity contribution in [3.8, 4) is 0 Å². The number of anilines is 1. The van der Waals surface area contributed by atoms with Gasteiger partial charge in [-0.05, 0) is 32.2 Å². The van der Waals surface area contributed by atoms with Crippen LogP contribution in [0.15, 0.2) is 23.4 Å². The molecule has 1 unspecified atom stereocenters. The lowest BCUT2D eigenvalue weighted by Gasteiger charge is -2.40. The Labute approximate surface area is 118 Å². The lowest BCUT2D eigenvalue weighted by Crippen LogP contribution is -2.51. The van der Waals surface area contributed by atoms with Crippen LogP contribution >= 0.6 is 11.6 Å². The highest BCUT2D eigenvalue weighted by atomic mass is 35.5. The van der Waals surface area contributed by atoms with Crippen molar-refractivity contribution >= 4 is 23.1 Å². The molecular formula is C13H19ClN4O. The number of nitrogens with zero attached hydrogens (tertiary/aromatic N) is 3. The molecule has 0 bridgehead atoms. The number of benzene rings is 1. The molecule has 0 aromatic heterocycles. The van der Waals surface area contributed by atoms with Crippen LogP contribution in [0.25, 0.3) is 0 Å². The van der Waals surface area contributed by atoms with E-state index in [4.69, 9.17) is 22.5 Å². The van der Waals surface area contributed by atoms with Gasteiger partial charge in [-0.1, -0.05) is 16.8 Å². The molecule has 1 aliphatic rings. The third kappa shape index (κ3) is 2.93. The number of rotatable bonds is 2. The van der Waals surface area contributed by atoms with Crippen molar-refractivity contribution < 1.29 is 5.21 Å². The van der Waals surface area contributed by atoms with Gasteiger partial charge < -0.3 is 20.7 Å². The van der Waals surface area contributed by atoms with Gasteiger partial charge in [-0.2, -0.15) is 0 Å². The smallest absolute Gasteiger partial charge is 0.172 e. The minimum atomic E-state index is 0.109. The molecule has 0 amide bonds. The van der Waals surface area contributed by atoms with Crippen LogP contribution in [-0.2, 0) is 0 Å². The largest absolute Gasteiger partial charge is 0.409 e. The number of nitrogens with two attached hydrogens (primary N) is 1. The van der Waals surface area contributed by atoms with E-state index in [-0.39, 0.29) is 5.84 Å². The molecule has 1 saturated heterocycles. The monoisotopic (exact) mass is 282 g/mol. The lowest BCUT2D eigenvalue weighted by atomic mass is 10.1. The minimum Gasteiger partial charge on any atom is -0.409 e. The second-order valence-electron chi connectivity index (χ2n) is 4.95. The van der Waals surface area contributed by atoms with E-state index in [1.54, 1.807) is 12.1 Å². The van der Waals surface area contributed by atoms with Crippen molar-refractivity contribution in [1.29, 1.82) is 0 Å². The average molecular weight is 283 g/mol. The lowest BCUT2D eigenvalue weighted by molar-refractivity contribution is 0.275. The van der Waals surface area contributed by atoms with Gasteiger partial charge >= 0.3 is 0 Å². The second-order valence-corrected chi connectivity index (χ2v) is 5.39. The molecule has 0 radical (unpaired) electrons. The van der Waals surface area contributed by atoms with Gasteiger partial charge in [0, 0.05) is 41.9 Å². The Hall–Kier alpha value is -1.46. The van der Waals surface area contributed by atoms with Crippen LogP contribution in [0.5, 0.6) is 0 Å². The van der Waals surface area contributed by atoms with Gasteiger partial charge in [0.15, 0.2) is 5.84 Å². The summed E-state index contributed by atoms with van der Waals surface area (Å²) in [4.78, 5) is 4.54. The van der Waals surface area contributed by atoms with Gasteiger partial charge in [0.05, 0.1) is 0 Å². The SMILES string of the molecule is CC1CN(C)CCN1c1cc(Cl)ccc1/C(N)=N/O. The quantitative estimate of drug-likeness (QED) is 0.374. The molecule has 1 aromatic rings. The predicted molar refractivity (Wildman–Crippen MR) is 78.3 cm³/mol. The average Bonchev–Trinajstić information content (AvgIpc) is 2.38. The topological polar surface area (TPSA) is 65.1 Å². The summed E-state index contributed by atoms with van der Waals surface area (Å²) in [5.74, 6) is 0.109. The van der Waals surface area contributed by atoms with Gasteiger partial charge in [-0.3, -0.25) is 0 Å². The van der Waals surface area contributed by atoms with Crippen LogP contribution in [0.4, 0.5) is 5.69 Å². The number of halogens is 1. The van der Waals surface area contributed by atoms with Gasteiger partial charge in [-0.15, -0.1) is 0 Å². The summed E-state index contributed by atoms with van der Waals surface area (Å²) in [5.41, 5.74) is 7.38. The van der Waals surface area contributed by atoms with Gasteiger partial charge in [0.1, 0.15) is 0 Å². The van der Waals surface area contributed by atoms with Crippen LogP contribution in [-0.4, -0.2) is 48.7 Å². The molecule has 3 N–H and O–H groups in total. The molecule has 6 heteroatoms. The molecule has 104 valence electrons. The summed E-state index contributed by atoms with van der Waals surface area (Å²) in [7, 11) is 2.11. The number of oxime groups is 1. The van der Waals surface area contributed by atoms with Crippen LogP contribution < -0.4 is 10.6 Å². The maximum absolute atomic E-state index is 8.89. The van der Waals surface area contributed by atoms with E-state index in [2.05, 4.69) is 28.9 Å². The zero-order valence-corrected chi connectivity index (χ0v) is 11.9. The number of hydrogen-bond acceptors (Lipinski definition) is 4. The van der Waals surface area contributed by atoms with E-state index in [0.717, 1.165) is 25.3 Å². The normalized spacial score (nSPS) is 21.7. The third-order valence-electron chi connectivity index (χ3n) is 3.48. The Balaban J connectivity index is 2.40. The van der Waals surface area contributed by atoms with Crippen LogP contribution in [0.2, 0.25) is 5.02 Å². The number of amidine groups is 1. The third-order valence-corrected chi connectivity index (χ3v) is 3.72. The van der Waals surface area contributed by atoms with E-state index in [1.165, 1.54) is 0 Å². The van der Waals surface area contributed by atoms with Crippen LogP contribution in [0, 0.1) is 0 Å². The fourth-order valence-corrected chi connectivity index (χ4v) is 2.68. The van der Waals surface area contributed by atoms with Crippen LogP contribution in [0.1, 0.15) is 12.5 Å². The Bertz CT molecular complexity index is 492. The second kappa shape index (κ2) is 5.67. The van der Waals surface area contributed by atoms with E-state index < -0.39 is 0 Å². The molecule has 1 atom stereocenters. The standard InChI is InChI=1S/C13H19ClN4O/c1-9-8-17(2)5-6-18(9)12-7-10(14)3-4-11(12)13(15)16-19/h3-4,7,9,19H,5-6,8H2,1-2H3,(H2,15,16). The molecule has 0 saturated carbocycles. The Morgan fingerprint density at radius 1 is 1.47 bits per heavy atom. The molecule has 5 nitrogen and oxygen atoms in total. The highest BCUT2D eigenvalue weighted by Crippen LogP contribution is 2.28. The molecule has 1 fully saturated rings. The Morgan fingerprint density at radius 3 is 2.84 bits per heavy atom. The number of piperazine rings is 1. The van der Waals surface area contributed by atoms with Gasteiger partial charge in [0.2, 0.25) is 0 Å². The van der Waals surface area contributed by atoms with E-state index in [1.807, 2.05) is 6.07 Å². The number of likely N-dealkylation sites (N-methyl/N-ethyl adjacent to an activating group) is 1. The molecule has 1 heterocycles. The maximum Gasteiger partial charge on any atom is 0.172 e. The molecule has 1 aromatic carbocycles. The zero-order valence-electron chi connectivity index (χ0n) is 11.2. The summed E-state index contributed by atoms with van der Waals surface area (Å²) in [6, 6.07) is 5.76. The Kier molecular flexibility index (Phi) is 4.17. The van der Waals surface area contributed by atoms with Crippen molar-refractivity contribution in [3.05, 3.63) is 28.8 Å². The number of hydrogen-bond donors (Lipinski definition) is 2. The molecule has 0 aliphatic carbocycles. The summed E-state index contributed by atoms with van der Waals surface area (Å²) >= 11 is 6.08. The maximum atomic E-state index is 8.89. The zero-order chi connectivity index (χ0) is 14.0. The molecule has 2 rings (SSSR count). The summed E-state index contributed by atoms with van der Waals surface area (Å²) in [6.45, 7) is 5.00. The van der Waals surface area contributed by atoms with Crippen molar-refractivity contribution in [3.63, 3.8) is 0 Å². The van der Waals surface area contributed by atoms with Crippen molar-refractivity contribution in [1.82, 2.24) is 4.90 Å². The first kappa shape index (κ1) is 14.0. The molecular weight excluding hydrogens is 264 g/mol. The molecule has 19 heavy (non-hydrogen) atoms. The van der Waals surface area contributed by atoms with Gasteiger partial charge in [-0.25, -0.2) is 0 Å². The molecule has 0 spiro atoms. The summed E-state index contributed by atoms with van der Waals surface area (Å²) < 4.78 is 0. The van der Waals surface area contributed by atoms with Crippen molar-refractivity contribution in [2.24, 2.45) is 10.9 Å². The summed E-state index contributed by atoms with van der Waals surface area (Å²) in [5, 5.41) is 12.6. The molecule has 1 aliphatic heterocycles. The van der Waals surface area contributed by atoms with E-state index >= 15 is 0 Å². The van der Waals surface area contributed by atoms with E-state index in [0.29, 0.717) is 16.6 Å². The fourth-order valence-electron chi connectivity index (χ4n) is 2.51. The van der Waals surface area contributed by atoms with Crippen LogP contribution in [0.3, 0.4) is 0 Å².